The Morgan fingerprint density at radius 3 is 2.60 bits per heavy atom. The predicted octanol–water partition coefficient (Wildman–Crippen LogP) is 2.67. The highest BCUT2D eigenvalue weighted by Crippen LogP contribution is 2.22. The third kappa shape index (κ3) is 5.37. The van der Waals surface area contributed by atoms with Crippen LogP contribution in [0, 0.1) is 6.92 Å². The molecule has 0 aliphatic heterocycles. The summed E-state index contributed by atoms with van der Waals surface area (Å²) in [6.45, 7) is 3.53. The summed E-state index contributed by atoms with van der Waals surface area (Å²) >= 11 is 0. The van der Waals surface area contributed by atoms with E-state index in [4.69, 9.17) is 4.74 Å². The maximum absolute atomic E-state index is 13.3. The number of carbonyl (C=O) groups excluding carboxylic acids is 1. The van der Waals surface area contributed by atoms with Crippen LogP contribution in [0.1, 0.15) is 22.9 Å². The average Bonchev–Trinajstić information content (AvgIpc) is 2.59. The third-order valence-electron chi connectivity index (χ3n) is 4.06. The van der Waals surface area contributed by atoms with Gasteiger partial charge in [0, 0.05) is 19.9 Å². The Labute approximate surface area is 150 Å². The molecule has 1 atom stereocenters. The van der Waals surface area contributed by atoms with Gasteiger partial charge in [-0.1, -0.05) is 35.9 Å². The van der Waals surface area contributed by atoms with Crippen LogP contribution >= 0.6 is 0 Å². The lowest BCUT2D eigenvalue weighted by atomic mass is 10.0. The lowest BCUT2D eigenvalue weighted by Gasteiger charge is -2.31. The fourth-order valence-corrected chi connectivity index (χ4v) is 2.83. The van der Waals surface area contributed by atoms with Crippen molar-refractivity contribution in [3.63, 3.8) is 0 Å². The SMILES string of the molecule is COCCN(Cc1ccccn1)C(=O)[C@H](c1cccc(C)c1)N(C)C. The number of rotatable bonds is 8. The first-order valence-electron chi connectivity index (χ1n) is 8.43. The number of amides is 1. The molecule has 1 aromatic heterocycles. The Bertz CT molecular complexity index is 674. The van der Waals surface area contributed by atoms with E-state index in [1.165, 1.54) is 0 Å². The summed E-state index contributed by atoms with van der Waals surface area (Å²) in [5.41, 5.74) is 3.01. The molecule has 0 aliphatic carbocycles. The molecular weight excluding hydrogens is 314 g/mol. The molecule has 0 radical (unpaired) electrons. The number of ether oxygens (including phenoxy) is 1. The zero-order valence-electron chi connectivity index (χ0n) is 15.5. The number of carbonyl (C=O) groups is 1. The Morgan fingerprint density at radius 1 is 1.20 bits per heavy atom. The first-order chi connectivity index (χ1) is 12.0. The number of aromatic nitrogens is 1. The number of hydrogen-bond donors (Lipinski definition) is 0. The Balaban J connectivity index is 2.27. The van der Waals surface area contributed by atoms with E-state index in [0.717, 1.165) is 16.8 Å². The van der Waals surface area contributed by atoms with Gasteiger partial charge < -0.3 is 9.64 Å². The molecule has 0 saturated heterocycles. The molecule has 0 spiro atoms. The van der Waals surface area contributed by atoms with Crippen molar-refractivity contribution in [1.82, 2.24) is 14.8 Å². The molecule has 2 rings (SSSR count). The smallest absolute Gasteiger partial charge is 0.244 e. The van der Waals surface area contributed by atoms with E-state index in [9.17, 15) is 4.79 Å². The molecule has 0 bridgehead atoms. The second kappa shape index (κ2) is 9.30. The largest absolute Gasteiger partial charge is 0.383 e. The molecule has 25 heavy (non-hydrogen) atoms. The van der Waals surface area contributed by atoms with Gasteiger partial charge >= 0.3 is 0 Å². The van der Waals surface area contributed by atoms with Crippen LogP contribution in [-0.2, 0) is 16.1 Å². The standard InChI is InChI=1S/C20H27N3O2/c1-16-8-7-9-17(14-16)19(22(2)3)20(24)23(12-13-25-4)15-18-10-5-6-11-21-18/h5-11,14,19H,12-13,15H2,1-4H3/t19-/m0/s1. The normalized spacial score (nSPS) is 12.2. The van der Waals surface area contributed by atoms with Gasteiger partial charge in [0.25, 0.3) is 0 Å². The summed E-state index contributed by atoms with van der Waals surface area (Å²) in [7, 11) is 5.51. The minimum Gasteiger partial charge on any atom is -0.383 e. The van der Waals surface area contributed by atoms with E-state index >= 15 is 0 Å². The van der Waals surface area contributed by atoms with E-state index < -0.39 is 0 Å². The molecule has 0 N–H and O–H groups in total. The minimum absolute atomic E-state index is 0.0540. The molecule has 0 fully saturated rings. The second-order valence-electron chi connectivity index (χ2n) is 6.35. The third-order valence-corrected chi connectivity index (χ3v) is 4.06. The molecule has 0 unspecified atom stereocenters. The Morgan fingerprint density at radius 2 is 2.00 bits per heavy atom. The first kappa shape index (κ1) is 19.1. The Hall–Kier alpha value is -2.24. The molecule has 1 amide bonds. The van der Waals surface area contributed by atoms with Crippen LogP contribution in [0.25, 0.3) is 0 Å². The van der Waals surface area contributed by atoms with Crippen molar-refractivity contribution in [3.8, 4) is 0 Å². The van der Waals surface area contributed by atoms with Crippen molar-refractivity contribution < 1.29 is 9.53 Å². The van der Waals surface area contributed by atoms with Gasteiger partial charge in [-0.25, -0.2) is 0 Å². The van der Waals surface area contributed by atoms with Crippen LogP contribution in [0.3, 0.4) is 0 Å². The predicted molar refractivity (Wildman–Crippen MR) is 99.1 cm³/mol. The van der Waals surface area contributed by atoms with Gasteiger partial charge in [-0.3, -0.25) is 14.7 Å². The van der Waals surface area contributed by atoms with Crippen LogP contribution in [0.5, 0.6) is 0 Å². The number of hydrogen-bond acceptors (Lipinski definition) is 4. The summed E-state index contributed by atoms with van der Waals surface area (Å²) in [6, 6.07) is 13.5. The lowest BCUT2D eigenvalue weighted by Crippen LogP contribution is -2.41. The van der Waals surface area contributed by atoms with Gasteiger partial charge in [-0.05, 0) is 38.7 Å². The molecule has 5 nitrogen and oxygen atoms in total. The molecule has 5 heteroatoms. The average molecular weight is 341 g/mol. The van der Waals surface area contributed by atoms with Gasteiger partial charge in [-0.15, -0.1) is 0 Å². The number of methoxy groups -OCH3 is 1. The van der Waals surface area contributed by atoms with Crippen molar-refractivity contribution in [1.29, 1.82) is 0 Å². The maximum Gasteiger partial charge on any atom is 0.244 e. The fourth-order valence-electron chi connectivity index (χ4n) is 2.83. The van der Waals surface area contributed by atoms with Crippen molar-refractivity contribution >= 4 is 5.91 Å². The van der Waals surface area contributed by atoms with E-state index in [1.54, 1.807) is 13.3 Å². The Kier molecular flexibility index (Phi) is 7.10. The highest BCUT2D eigenvalue weighted by molar-refractivity contribution is 5.83. The van der Waals surface area contributed by atoms with Gasteiger partial charge in [-0.2, -0.15) is 0 Å². The number of nitrogens with zero attached hydrogens (tertiary/aromatic N) is 3. The van der Waals surface area contributed by atoms with Crippen molar-refractivity contribution in [2.75, 3.05) is 34.4 Å². The fraction of sp³-hybridized carbons (Fsp3) is 0.400. The minimum atomic E-state index is -0.333. The molecule has 1 aromatic carbocycles. The summed E-state index contributed by atoms with van der Waals surface area (Å²) in [6.07, 6.45) is 1.75. The molecule has 2 aromatic rings. The van der Waals surface area contributed by atoms with E-state index in [1.807, 2.05) is 67.2 Å². The second-order valence-corrected chi connectivity index (χ2v) is 6.35. The van der Waals surface area contributed by atoms with Gasteiger partial charge in [0.1, 0.15) is 6.04 Å². The zero-order valence-corrected chi connectivity index (χ0v) is 15.5. The molecule has 0 saturated carbocycles. The summed E-state index contributed by atoms with van der Waals surface area (Å²) in [4.78, 5) is 21.4. The summed E-state index contributed by atoms with van der Waals surface area (Å²) < 4.78 is 5.20. The quantitative estimate of drug-likeness (QED) is 0.740. The van der Waals surface area contributed by atoms with Crippen molar-refractivity contribution in [2.24, 2.45) is 0 Å². The van der Waals surface area contributed by atoms with Gasteiger partial charge in [0.05, 0.1) is 18.8 Å². The maximum atomic E-state index is 13.3. The van der Waals surface area contributed by atoms with Gasteiger partial charge in [0.2, 0.25) is 5.91 Å². The number of pyridine rings is 1. The number of likely N-dealkylation sites (N-methyl/N-ethyl adjacent to an activating group) is 1. The zero-order chi connectivity index (χ0) is 18.2. The molecular formula is C20H27N3O2. The molecule has 0 aliphatic rings. The highest BCUT2D eigenvalue weighted by atomic mass is 16.5. The van der Waals surface area contributed by atoms with Gasteiger partial charge in [0.15, 0.2) is 0 Å². The monoisotopic (exact) mass is 341 g/mol. The summed E-state index contributed by atoms with van der Waals surface area (Å²) in [5.74, 6) is 0.0540. The van der Waals surface area contributed by atoms with Crippen LogP contribution in [0.2, 0.25) is 0 Å². The lowest BCUT2D eigenvalue weighted by molar-refractivity contribution is -0.137. The van der Waals surface area contributed by atoms with E-state index in [-0.39, 0.29) is 11.9 Å². The number of benzene rings is 1. The van der Waals surface area contributed by atoms with E-state index in [0.29, 0.717) is 19.7 Å². The summed E-state index contributed by atoms with van der Waals surface area (Å²) in [5, 5.41) is 0. The van der Waals surface area contributed by atoms with Crippen molar-refractivity contribution in [2.45, 2.75) is 19.5 Å². The van der Waals surface area contributed by atoms with Crippen LogP contribution in [0.15, 0.2) is 48.7 Å². The van der Waals surface area contributed by atoms with Crippen molar-refractivity contribution in [3.05, 3.63) is 65.5 Å². The first-order valence-corrected chi connectivity index (χ1v) is 8.43. The van der Waals surface area contributed by atoms with Crippen LogP contribution in [0.4, 0.5) is 0 Å². The highest BCUT2D eigenvalue weighted by Gasteiger charge is 2.28. The number of aryl methyl sites for hydroxylation is 1. The van der Waals surface area contributed by atoms with Crippen LogP contribution < -0.4 is 0 Å². The topological polar surface area (TPSA) is 45.7 Å². The van der Waals surface area contributed by atoms with E-state index in [2.05, 4.69) is 11.1 Å². The van der Waals surface area contributed by atoms with Crippen LogP contribution in [-0.4, -0.2) is 55.0 Å². The molecule has 1 heterocycles. The molecule has 134 valence electrons.